The number of anilines is 1. The van der Waals surface area contributed by atoms with Crippen molar-refractivity contribution in [2.75, 3.05) is 23.8 Å². The molecule has 0 aliphatic carbocycles. The van der Waals surface area contributed by atoms with E-state index in [1.165, 1.54) is 6.07 Å². The minimum Gasteiger partial charge on any atom is -0.488 e. The Hall–Kier alpha value is -0.460. The zero-order valence-corrected chi connectivity index (χ0v) is 13.4. The number of hydrogen-bond acceptors (Lipinski definition) is 4. The van der Waals surface area contributed by atoms with E-state index in [-0.39, 0.29) is 17.5 Å². The van der Waals surface area contributed by atoms with E-state index in [0.717, 1.165) is 30.8 Å². The molecule has 1 aromatic rings. The minimum absolute atomic E-state index is 0.0454. The van der Waals surface area contributed by atoms with Crippen LogP contribution in [0, 0.1) is 5.82 Å². The first-order valence-electron chi connectivity index (χ1n) is 6.71. The van der Waals surface area contributed by atoms with E-state index >= 15 is 0 Å². The summed E-state index contributed by atoms with van der Waals surface area (Å²) >= 11 is 5.04. The molecular formula is C14H17BrFNO2S. The molecule has 0 amide bonds. The number of benzene rings is 1. The van der Waals surface area contributed by atoms with Gasteiger partial charge in [0.25, 0.3) is 0 Å². The highest BCUT2D eigenvalue weighted by molar-refractivity contribution is 9.10. The minimum atomic E-state index is -0.354. The normalized spacial score (nSPS) is 29.8. The van der Waals surface area contributed by atoms with E-state index in [2.05, 4.69) is 15.9 Å². The Kier molecular flexibility index (Phi) is 4.15. The highest BCUT2D eigenvalue weighted by atomic mass is 79.9. The molecular weight excluding hydrogens is 345 g/mol. The van der Waals surface area contributed by atoms with Crippen LogP contribution in [0.1, 0.15) is 19.3 Å². The average Bonchev–Trinajstić information content (AvgIpc) is 2.84. The summed E-state index contributed by atoms with van der Waals surface area (Å²) in [6, 6.07) is 2.90. The number of nitrogens with two attached hydrogens (primary N) is 1. The predicted octanol–water partition coefficient (Wildman–Crippen LogP) is 3.60. The summed E-state index contributed by atoms with van der Waals surface area (Å²) in [5, 5.41) is 0. The van der Waals surface area contributed by atoms with Gasteiger partial charge in [-0.25, -0.2) is 4.39 Å². The third kappa shape index (κ3) is 2.92. The van der Waals surface area contributed by atoms with Gasteiger partial charge in [-0.1, -0.05) is 0 Å². The summed E-state index contributed by atoms with van der Waals surface area (Å²) in [6.45, 7) is 0.699. The second kappa shape index (κ2) is 5.73. The molecule has 1 spiro atoms. The molecule has 2 saturated heterocycles. The van der Waals surface area contributed by atoms with Gasteiger partial charge in [0.05, 0.1) is 22.4 Å². The summed E-state index contributed by atoms with van der Waals surface area (Å²) in [4.78, 5) is 0. The van der Waals surface area contributed by atoms with Gasteiger partial charge < -0.3 is 15.2 Å². The topological polar surface area (TPSA) is 44.5 Å². The smallest absolute Gasteiger partial charge is 0.145 e. The molecule has 110 valence electrons. The van der Waals surface area contributed by atoms with Crippen LogP contribution in [-0.4, -0.2) is 29.8 Å². The molecule has 2 aliphatic rings. The molecule has 2 N–H and O–H groups in total. The molecule has 0 bridgehead atoms. The maximum Gasteiger partial charge on any atom is 0.145 e. The van der Waals surface area contributed by atoms with Gasteiger partial charge in [-0.15, -0.1) is 0 Å². The van der Waals surface area contributed by atoms with Crippen molar-refractivity contribution in [1.29, 1.82) is 0 Å². The van der Waals surface area contributed by atoms with E-state index in [1.54, 1.807) is 6.07 Å². The number of ether oxygens (including phenoxy) is 2. The van der Waals surface area contributed by atoms with E-state index in [0.29, 0.717) is 22.5 Å². The van der Waals surface area contributed by atoms with Crippen LogP contribution in [0.2, 0.25) is 0 Å². The van der Waals surface area contributed by atoms with Crippen molar-refractivity contribution in [3.8, 4) is 5.75 Å². The predicted molar refractivity (Wildman–Crippen MR) is 82.8 cm³/mol. The number of rotatable bonds is 2. The van der Waals surface area contributed by atoms with Gasteiger partial charge in [-0.3, -0.25) is 0 Å². The van der Waals surface area contributed by atoms with E-state index in [1.807, 2.05) is 11.8 Å². The second-order valence-corrected chi connectivity index (χ2v) is 7.33. The van der Waals surface area contributed by atoms with Crippen LogP contribution in [0.25, 0.3) is 0 Å². The molecule has 3 rings (SSSR count). The van der Waals surface area contributed by atoms with Crippen molar-refractivity contribution < 1.29 is 13.9 Å². The summed E-state index contributed by atoms with van der Waals surface area (Å²) in [5.41, 5.74) is 6.31. The fourth-order valence-electron chi connectivity index (χ4n) is 2.77. The van der Waals surface area contributed by atoms with Gasteiger partial charge >= 0.3 is 0 Å². The number of thioether (sulfide) groups is 1. The van der Waals surface area contributed by atoms with Crippen molar-refractivity contribution in [3.63, 3.8) is 0 Å². The fraction of sp³-hybridized carbons (Fsp3) is 0.571. The lowest BCUT2D eigenvalue weighted by Crippen LogP contribution is -2.43. The fourth-order valence-corrected chi connectivity index (χ4v) is 4.51. The summed E-state index contributed by atoms with van der Waals surface area (Å²) in [6.07, 6.45) is 2.80. The molecule has 0 saturated carbocycles. The molecule has 2 heterocycles. The Balaban J connectivity index is 1.73. The molecule has 6 heteroatoms. The van der Waals surface area contributed by atoms with Gasteiger partial charge in [0.1, 0.15) is 17.7 Å². The highest BCUT2D eigenvalue weighted by Crippen LogP contribution is 2.40. The van der Waals surface area contributed by atoms with Crippen LogP contribution in [0.15, 0.2) is 16.6 Å². The van der Waals surface area contributed by atoms with Crippen molar-refractivity contribution in [2.45, 2.75) is 31.0 Å². The molecule has 0 aromatic heterocycles. The molecule has 1 aromatic carbocycles. The lowest BCUT2D eigenvalue weighted by molar-refractivity contribution is -0.0958. The Morgan fingerprint density at radius 1 is 1.50 bits per heavy atom. The molecule has 2 aliphatic heterocycles. The molecule has 2 fully saturated rings. The van der Waals surface area contributed by atoms with Crippen LogP contribution >= 0.6 is 27.7 Å². The quantitative estimate of drug-likeness (QED) is 0.817. The Bertz CT molecular complexity index is 508. The van der Waals surface area contributed by atoms with Crippen molar-refractivity contribution in [3.05, 3.63) is 22.4 Å². The Labute approximate surface area is 130 Å². The third-order valence-electron chi connectivity index (χ3n) is 3.86. The van der Waals surface area contributed by atoms with Crippen molar-refractivity contribution >= 4 is 33.4 Å². The summed E-state index contributed by atoms with van der Waals surface area (Å²) in [7, 11) is 0. The zero-order valence-electron chi connectivity index (χ0n) is 11.0. The Morgan fingerprint density at radius 2 is 2.35 bits per heavy atom. The van der Waals surface area contributed by atoms with E-state index in [4.69, 9.17) is 15.2 Å². The van der Waals surface area contributed by atoms with E-state index < -0.39 is 0 Å². The van der Waals surface area contributed by atoms with Crippen LogP contribution in [0.4, 0.5) is 10.1 Å². The van der Waals surface area contributed by atoms with Gasteiger partial charge in [0, 0.05) is 24.7 Å². The third-order valence-corrected chi connectivity index (χ3v) is 5.69. The Morgan fingerprint density at radius 3 is 3.10 bits per heavy atom. The molecule has 2 unspecified atom stereocenters. The van der Waals surface area contributed by atoms with Crippen LogP contribution in [0.5, 0.6) is 5.75 Å². The first kappa shape index (κ1) is 14.5. The molecule has 20 heavy (non-hydrogen) atoms. The second-order valence-electron chi connectivity index (χ2n) is 5.37. The lowest BCUT2D eigenvalue weighted by Gasteiger charge is -2.37. The maximum atomic E-state index is 13.6. The van der Waals surface area contributed by atoms with Gasteiger partial charge in [-0.05, 0) is 34.2 Å². The van der Waals surface area contributed by atoms with E-state index in [9.17, 15) is 4.39 Å². The SMILES string of the molecule is Nc1cc(Br)c(F)cc1OC1CCOC2(CCSC2)C1. The van der Waals surface area contributed by atoms with Crippen LogP contribution in [-0.2, 0) is 4.74 Å². The molecule has 0 radical (unpaired) electrons. The molecule has 2 atom stereocenters. The zero-order chi connectivity index (χ0) is 14.2. The highest BCUT2D eigenvalue weighted by Gasteiger charge is 2.41. The van der Waals surface area contributed by atoms with Gasteiger partial charge in [0.15, 0.2) is 0 Å². The monoisotopic (exact) mass is 361 g/mol. The van der Waals surface area contributed by atoms with Crippen molar-refractivity contribution in [2.24, 2.45) is 0 Å². The average molecular weight is 362 g/mol. The van der Waals surface area contributed by atoms with Crippen molar-refractivity contribution in [1.82, 2.24) is 0 Å². The number of hydrogen-bond donors (Lipinski definition) is 1. The summed E-state index contributed by atoms with van der Waals surface area (Å²) < 4.78 is 25.8. The first-order chi connectivity index (χ1) is 9.58. The molecule has 3 nitrogen and oxygen atoms in total. The number of nitrogen functional groups attached to an aromatic ring is 1. The van der Waals surface area contributed by atoms with Crippen LogP contribution in [0.3, 0.4) is 0 Å². The van der Waals surface area contributed by atoms with Crippen LogP contribution < -0.4 is 10.5 Å². The van der Waals surface area contributed by atoms with Gasteiger partial charge in [0.2, 0.25) is 0 Å². The largest absolute Gasteiger partial charge is 0.488 e. The number of halogens is 2. The lowest BCUT2D eigenvalue weighted by atomic mass is 9.91. The first-order valence-corrected chi connectivity index (χ1v) is 8.66. The standard InChI is InChI=1S/C14H17BrFNO2S/c15-10-5-12(17)13(6-11(10)16)19-9-1-3-18-14(7-9)2-4-20-8-14/h5-6,9H,1-4,7-8,17H2. The maximum absolute atomic E-state index is 13.6. The van der Waals surface area contributed by atoms with Gasteiger partial charge in [-0.2, -0.15) is 11.8 Å². The summed E-state index contributed by atoms with van der Waals surface area (Å²) in [5.74, 6) is 2.24.